The number of aromatic nitrogens is 3. The van der Waals surface area contributed by atoms with Gasteiger partial charge >= 0.3 is 12.1 Å². The minimum Gasteiger partial charge on any atom is -0.461 e. The number of nitrogens with zero attached hydrogens (tertiary/aromatic N) is 6. The zero-order valence-electron chi connectivity index (χ0n) is 22.2. The molecule has 4 aliphatic heterocycles. The van der Waals surface area contributed by atoms with Crippen LogP contribution in [0.4, 0.5) is 15.0 Å². The number of fused-ring (bicyclic) bond motifs is 4. The number of anilines is 1. The molecule has 4 fully saturated rings. The molecule has 6 rings (SSSR count). The number of carbonyl (C=O) groups is 1. The van der Waals surface area contributed by atoms with Crippen LogP contribution in [0.2, 0.25) is 5.15 Å². The fourth-order valence-electron chi connectivity index (χ4n) is 6.64. The molecule has 38 heavy (non-hydrogen) atoms. The second-order valence-electron chi connectivity index (χ2n) is 12.1. The molecule has 3 atom stereocenters. The number of hydrogen-bond donors (Lipinski definition) is 0. The first kappa shape index (κ1) is 25.6. The van der Waals surface area contributed by atoms with E-state index in [9.17, 15) is 4.79 Å². The lowest BCUT2D eigenvalue weighted by Gasteiger charge is -2.42. The molecule has 4 saturated heterocycles. The van der Waals surface area contributed by atoms with Gasteiger partial charge in [0, 0.05) is 25.8 Å². The van der Waals surface area contributed by atoms with Crippen molar-refractivity contribution >= 4 is 34.4 Å². The summed E-state index contributed by atoms with van der Waals surface area (Å²) in [5.74, 6) is -0.145. The molecule has 4 aliphatic rings. The smallest absolute Gasteiger partial charge is 0.410 e. The topological polar surface area (TPSA) is 83.9 Å². The van der Waals surface area contributed by atoms with Gasteiger partial charge in [-0.15, -0.1) is 0 Å². The fraction of sp³-hybridized carbons (Fsp3) is 0.630. The van der Waals surface area contributed by atoms with Gasteiger partial charge in [0.2, 0.25) is 0 Å². The van der Waals surface area contributed by atoms with E-state index in [2.05, 4.69) is 26.3 Å². The van der Waals surface area contributed by atoms with Crippen LogP contribution in [0.1, 0.15) is 52.9 Å². The van der Waals surface area contributed by atoms with Crippen molar-refractivity contribution in [3.05, 3.63) is 29.3 Å². The third-order valence-corrected chi connectivity index (χ3v) is 8.46. The zero-order chi connectivity index (χ0) is 26.8. The van der Waals surface area contributed by atoms with E-state index in [1.54, 1.807) is 0 Å². The SMILES string of the molecule is C=C1CN2CCC[C@]2(COc2nc(N3CC4CCC(C3)N4C(=O)OC(C)(C)C)c3cnc(Cl)c(F)c3n2)C1. The first-order valence-electron chi connectivity index (χ1n) is 13.4. The second-order valence-corrected chi connectivity index (χ2v) is 12.5. The maximum Gasteiger partial charge on any atom is 0.410 e. The first-order valence-corrected chi connectivity index (χ1v) is 13.7. The molecule has 2 unspecified atom stereocenters. The van der Waals surface area contributed by atoms with E-state index >= 15 is 4.39 Å². The Morgan fingerprint density at radius 3 is 2.71 bits per heavy atom. The number of hydrogen-bond acceptors (Lipinski definition) is 8. The van der Waals surface area contributed by atoms with Crippen molar-refractivity contribution in [2.45, 2.75) is 76.1 Å². The molecule has 0 spiro atoms. The molecule has 0 radical (unpaired) electrons. The van der Waals surface area contributed by atoms with Crippen molar-refractivity contribution in [1.29, 1.82) is 0 Å². The first-order chi connectivity index (χ1) is 18.0. The molecule has 0 N–H and O–H groups in total. The van der Waals surface area contributed by atoms with Crippen LogP contribution >= 0.6 is 11.6 Å². The molecule has 11 heteroatoms. The molecular weight excluding hydrogens is 511 g/mol. The van der Waals surface area contributed by atoms with Crippen LogP contribution in [0, 0.1) is 5.82 Å². The van der Waals surface area contributed by atoms with E-state index in [0.717, 1.165) is 45.2 Å². The van der Waals surface area contributed by atoms with Crippen LogP contribution in [0.3, 0.4) is 0 Å². The van der Waals surface area contributed by atoms with E-state index in [-0.39, 0.29) is 40.4 Å². The van der Waals surface area contributed by atoms with E-state index in [1.165, 1.54) is 11.8 Å². The van der Waals surface area contributed by atoms with Crippen molar-refractivity contribution in [3.8, 4) is 6.01 Å². The molecule has 9 nitrogen and oxygen atoms in total. The number of pyridine rings is 1. The van der Waals surface area contributed by atoms with Crippen molar-refractivity contribution in [2.75, 3.05) is 37.7 Å². The summed E-state index contributed by atoms with van der Waals surface area (Å²) in [5.41, 5.74) is 0.618. The molecule has 2 bridgehead atoms. The van der Waals surface area contributed by atoms with Crippen LogP contribution in [0.15, 0.2) is 18.3 Å². The maximum atomic E-state index is 15.2. The standard InChI is InChI=1S/C27H34ClFN6O3/c1-16-10-27(8-5-9-34(27)12-16)15-37-24-31-21-19(11-30-22(28)20(21)29)23(32-24)33-13-17-6-7-18(14-33)35(17)25(36)38-26(2,3)4/h11,17-18H,1,5-10,12-15H2,2-4H3/t17?,18?,27-/m1/s1. The van der Waals surface area contributed by atoms with Gasteiger partial charge in [-0.1, -0.05) is 23.8 Å². The lowest BCUT2D eigenvalue weighted by atomic mass is 9.94. The van der Waals surface area contributed by atoms with E-state index < -0.39 is 11.4 Å². The zero-order valence-corrected chi connectivity index (χ0v) is 22.9. The highest BCUT2D eigenvalue weighted by atomic mass is 35.5. The molecule has 204 valence electrons. The predicted octanol–water partition coefficient (Wildman–Crippen LogP) is 4.58. The molecule has 0 aromatic carbocycles. The van der Waals surface area contributed by atoms with Crippen LogP contribution in [0.25, 0.3) is 10.9 Å². The summed E-state index contributed by atoms with van der Waals surface area (Å²) in [5, 5.41) is 0.231. The summed E-state index contributed by atoms with van der Waals surface area (Å²) >= 11 is 6.03. The van der Waals surface area contributed by atoms with Gasteiger partial charge < -0.3 is 14.4 Å². The van der Waals surface area contributed by atoms with Crippen LogP contribution < -0.4 is 9.64 Å². The summed E-state index contributed by atoms with van der Waals surface area (Å²) in [7, 11) is 0. The average molecular weight is 545 g/mol. The molecule has 0 aliphatic carbocycles. The Morgan fingerprint density at radius 2 is 2.00 bits per heavy atom. The molecule has 2 aromatic rings. The number of piperazine rings is 1. The Kier molecular flexibility index (Phi) is 6.18. The Morgan fingerprint density at radius 1 is 1.26 bits per heavy atom. The van der Waals surface area contributed by atoms with Crippen molar-refractivity contribution in [2.24, 2.45) is 0 Å². The molecule has 2 aromatic heterocycles. The average Bonchev–Trinajstić information content (AvgIpc) is 3.46. The highest BCUT2D eigenvalue weighted by Gasteiger charge is 2.47. The predicted molar refractivity (Wildman–Crippen MR) is 142 cm³/mol. The molecule has 6 heterocycles. The minimum atomic E-state index is -0.692. The fourth-order valence-corrected chi connectivity index (χ4v) is 6.78. The van der Waals surface area contributed by atoms with Crippen molar-refractivity contribution in [1.82, 2.24) is 24.8 Å². The monoisotopic (exact) mass is 544 g/mol. The lowest BCUT2D eigenvalue weighted by Crippen LogP contribution is -2.57. The van der Waals surface area contributed by atoms with Gasteiger partial charge in [0.1, 0.15) is 23.5 Å². The number of ether oxygens (including phenoxy) is 2. The van der Waals surface area contributed by atoms with Gasteiger partial charge in [-0.25, -0.2) is 14.2 Å². The highest BCUT2D eigenvalue weighted by molar-refractivity contribution is 6.30. The maximum absolute atomic E-state index is 15.2. The number of halogens is 2. The third kappa shape index (κ3) is 4.45. The largest absolute Gasteiger partial charge is 0.461 e. The summed E-state index contributed by atoms with van der Waals surface area (Å²) in [6.07, 6.45) is 5.97. The van der Waals surface area contributed by atoms with Crippen LogP contribution in [-0.2, 0) is 4.74 Å². The van der Waals surface area contributed by atoms with Crippen molar-refractivity contribution < 1.29 is 18.7 Å². The van der Waals surface area contributed by atoms with Gasteiger partial charge in [-0.05, 0) is 59.4 Å². The normalized spacial score (nSPS) is 27.3. The second kappa shape index (κ2) is 9.19. The summed E-state index contributed by atoms with van der Waals surface area (Å²) in [4.78, 5) is 32.6. The van der Waals surface area contributed by atoms with Gasteiger partial charge in [0.15, 0.2) is 11.0 Å². The van der Waals surface area contributed by atoms with Crippen LogP contribution in [-0.4, -0.2) is 86.9 Å². The lowest BCUT2D eigenvalue weighted by molar-refractivity contribution is 0.0122. The van der Waals surface area contributed by atoms with Crippen molar-refractivity contribution in [3.63, 3.8) is 0 Å². The van der Waals surface area contributed by atoms with E-state index in [4.69, 9.17) is 26.1 Å². The quantitative estimate of drug-likeness (QED) is 0.408. The summed E-state index contributed by atoms with van der Waals surface area (Å²) in [6, 6.07) is 0.0615. The third-order valence-electron chi connectivity index (χ3n) is 8.19. The Bertz CT molecular complexity index is 1290. The van der Waals surface area contributed by atoms with Gasteiger partial charge in [-0.2, -0.15) is 9.97 Å². The molecule has 1 amide bonds. The van der Waals surface area contributed by atoms with E-state index in [1.807, 2.05) is 25.7 Å². The minimum absolute atomic E-state index is 0.0291. The molecule has 0 saturated carbocycles. The van der Waals surface area contributed by atoms with Gasteiger partial charge in [0.25, 0.3) is 0 Å². The molecular formula is C27H34ClFN6O3. The Balaban J connectivity index is 1.30. The van der Waals surface area contributed by atoms with Gasteiger partial charge in [-0.3, -0.25) is 9.80 Å². The summed E-state index contributed by atoms with van der Waals surface area (Å²) < 4.78 is 27.1. The Hall–Kier alpha value is -2.72. The van der Waals surface area contributed by atoms with Crippen LogP contribution in [0.5, 0.6) is 6.01 Å². The highest BCUT2D eigenvalue weighted by Crippen LogP contribution is 2.41. The Labute approximate surface area is 226 Å². The number of carbonyl (C=O) groups excluding carboxylic acids is 1. The number of rotatable bonds is 4. The summed E-state index contributed by atoms with van der Waals surface area (Å²) in [6.45, 7) is 13.2. The van der Waals surface area contributed by atoms with E-state index in [0.29, 0.717) is 30.9 Å². The number of amides is 1. The van der Waals surface area contributed by atoms with Gasteiger partial charge in [0.05, 0.1) is 23.0 Å².